The number of ether oxygens (including phenoxy) is 2. The van der Waals surface area contributed by atoms with Crippen molar-refractivity contribution in [2.75, 3.05) is 18.6 Å². The number of nitrogens with zero attached hydrogens (tertiary/aromatic N) is 2. The summed E-state index contributed by atoms with van der Waals surface area (Å²) in [7, 11) is 0. The van der Waals surface area contributed by atoms with Crippen LogP contribution in [0.2, 0.25) is 0 Å². The first-order valence-corrected chi connectivity index (χ1v) is 9.31. The topological polar surface area (TPSA) is 72.8 Å². The summed E-state index contributed by atoms with van der Waals surface area (Å²) in [5.41, 5.74) is 5.82. The molecule has 0 saturated carbocycles. The summed E-state index contributed by atoms with van der Waals surface area (Å²) in [6.45, 7) is 2.00. The molecule has 0 atom stereocenters. The van der Waals surface area contributed by atoms with Gasteiger partial charge in [-0.3, -0.25) is 5.43 Å². The number of thiazole rings is 1. The van der Waals surface area contributed by atoms with Gasteiger partial charge in [-0.25, -0.2) is 9.78 Å². The molecule has 0 unspecified atom stereocenters. The number of esters is 1. The minimum atomic E-state index is -0.384. The molecule has 27 heavy (non-hydrogen) atoms. The lowest BCUT2D eigenvalue weighted by Gasteiger charge is -2.05. The Hall–Kier alpha value is -3.19. The van der Waals surface area contributed by atoms with Gasteiger partial charge in [-0.05, 0) is 36.8 Å². The summed E-state index contributed by atoms with van der Waals surface area (Å²) in [6, 6.07) is 17.2. The first kappa shape index (κ1) is 18.6. The number of nitrogens with one attached hydrogen (secondary N) is 1. The molecule has 1 aromatic heterocycles. The van der Waals surface area contributed by atoms with Crippen molar-refractivity contribution >= 4 is 28.7 Å². The summed E-state index contributed by atoms with van der Waals surface area (Å²) in [5, 5.41) is 6.92. The third kappa shape index (κ3) is 5.65. The molecule has 6 nitrogen and oxygen atoms in total. The number of rotatable bonds is 8. The summed E-state index contributed by atoms with van der Waals surface area (Å²) in [4.78, 5) is 15.8. The van der Waals surface area contributed by atoms with Crippen LogP contribution < -0.4 is 10.2 Å². The van der Waals surface area contributed by atoms with Crippen molar-refractivity contribution in [3.63, 3.8) is 0 Å². The molecule has 0 bridgehead atoms. The Labute approximate surface area is 161 Å². The minimum absolute atomic E-state index is 0.101. The fourth-order valence-corrected chi connectivity index (χ4v) is 2.89. The quantitative estimate of drug-likeness (QED) is 0.360. The molecule has 1 N–H and O–H groups in total. The first-order valence-electron chi connectivity index (χ1n) is 8.43. The van der Waals surface area contributed by atoms with E-state index in [9.17, 15) is 4.79 Å². The number of carbonyl (C=O) groups is 1. The van der Waals surface area contributed by atoms with Gasteiger partial charge in [-0.15, -0.1) is 11.3 Å². The Morgan fingerprint density at radius 2 is 1.96 bits per heavy atom. The van der Waals surface area contributed by atoms with Crippen molar-refractivity contribution in [2.24, 2.45) is 5.10 Å². The molecule has 0 aliphatic heterocycles. The molecule has 0 fully saturated rings. The maximum absolute atomic E-state index is 11.3. The van der Waals surface area contributed by atoms with Gasteiger partial charge in [0.15, 0.2) is 6.61 Å². The van der Waals surface area contributed by atoms with Crippen LogP contribution in [0, 0.1) is 0 Å². The molecule has 0 saturated heterocycles. The number of hydrogen-bond acceptors (Lipinski definition) is 7. The lowest BCUT2D eigenvalue weighted by atomic mass is 10.2. The highest BCUT2D eigenvalue weighted by molar-refractivity contribution is 7.14. The van der Waals surface area contributed by atoms with E-state index in [-0.39, 0.29) is 12.6 Å². The third-order valence-corrected chi connectivity index (χ3v) is 4.24. The van der Waals surface area contributed by atoms with E-state index in [1.807, 2.05) is 47.8 Å². The van der Waals surface area contributed by atoms with E-state index in [1.54, 1.807) is 25.3 Å². The predicted molar refractivity (Wildman–Crippen MR) is 107 cm³/mol. The van der Waals surface area contributed by atoms with Crippen molar-refractivity contribution in [1.29, 1.82) is 0 Å². The van der Waals surface area contributed by atoms with Crippen LogP contribution in [0.3, 0.4) is 0 Å². The van der Waals surface area contributed by atoms with E-state index in [4.69, 9.17) is 9.47 Å². The normalized spacial score (nSPS) is 10.7. The second-order valence-corrected chi connectivity index (χ2v) is 6.29. The number of hydrazone groups is 1. The lowest BCUT2D eigenvalue weighted by molar-refractivity contribution is -0.145. The second kappa shape index (κ2) is 9.49. The fourth-order valence-electron chi connectivity index (χ4n) is 2.22. The Morgan fingerprint density at radius 1 is 1.19 bits per heavy atom. The number of anilines is 1. The van der Waals surface area contributed by atoms with E-state index < -0.39 is 0 Å². The Kier molecular flexibility index (Phi) is 6.54. The lowest BCUT2D eigenvalue weighted by Crippen LogP contribution is -2.14. The van der Waals surface area contributed by atoms with Gasteiger partial charge in [0.2, 0.25) is 5.13 Å². The summed E-state index contributed by atoms with van der Waals surface area (Å²) in [6.07, 6.45) is 1.69. The van der Waals surface area contributed by atoms with Crippen LogP contribution in [0.5, 0.6) is 5.75 Å². The number of aromatic nitrogens is 1. The minimum Gasteiger partial charge on any atom is -0.482 e. The zero-order chi connectivity index (χ0) is 18.9. The first-order chi connectivity index (χ1) is 13.2. The van der Waals surface area contributed by atoms with Crippen LogP contribution >= 0.6 is 11.3 Å². The largest absolute Gasteiger partial charge is 0.482 e. The molecule has 3 aromatic rings. The highest BCUT2D eigenvalue weighted by Crippen LogP contribution is 2.24. The molecule has 0 aliphatic rings. The van der Waals surface area contributed by atoms with Crippen LogP contribution in [0.4, 0.5) is 5.13 Å². The van der Waals surface area contributed by atoms with Gasteiger partial charge in [-0.2, -0.15) is 5.10 Å². The summed E-state index contributed by atoms with van der Waals surface area (Å²) < 4.78 is 10.2. The summed E-state index contributed by atoms with van der Waals surface area (Å²) in [5.74, 6) is 0.214. The monoisotopic (exact) mass is 381 g/mol. The molecule has 1 heterocycles. The Morgan fingerprint density at radius 3 is 2.70 bits per heavy atom. The van der Waals surface area contributed by atoms with Crippen molar-refractivity contribution in [3.05, 3.63) is 65.5 Å². The van der Waals surface area contributed by atoms with Crippen LogP contribution in [-0.4, -0.2) is 30.4 Å². The number of carbonyl (C=O) groups excluding carboxylic acids is 1. The highest BCUT2D eigenvalue weighted by Gasteiger charge is 2.04. The van der Waals surface area contributed by atoms with Crippen LogP contribution in [0.25, 0.3) is 11.3 Å². The van der Waals surface area contributed by atoms with Crippen LogP contribution in [0.1, 0.15) is 12.5 Å². The molecule has 2 aromatic carbocycles. The van der Waals surface area contributed by atoms with Crippen LogP contribution in [0.15, 0.2) is 65.1 Å². The molecular formula is C20H19N3O3S. The maximum atomic E-state index is 11.3. The van der Waals surface area contributed by atoms with Gasteiger partial charge >= 0.3 is 5.97 Å². The molecule has 0 radical (unpaired) electrons. The molecular weight excluding hydrogens is 362 g/mol. The fraction of sp³-hybridized carbons (Fsp3) is 0.150. The number of hydrogen-bond donors (Lipinski definition) is 1. The van der Waals surface area contributed by atoms with E-state index in [1.165, 1.54) is 11.3 Å². The standard InChI is InChI=1S/C20H19N3O3S/c1-2-25-19(24)13-26-17-10-8-15(9-11-17)12-21-23-20-22-18(14-27-20)16-6-4-3-5-7-16/h3-12,14H,2,13H2,1H3,(H,22,23). The molecule has 3 rings (SSSR count). The third-order valence-electron chi connectivity index (χ3n) is 3.49. The molecule has 138 valence electrons. The summed E-state index contributed by atoms with van der Waals surface area (Å²) >= 11 is 1.50. The van der Waals surface area contributed by atoms with Gasteiger partial charge in [0.1, 0.15) is 5.75 Å². The zero-order valence-electron chi connectivity index (χ0n) is 14.8. The van der Waals surface area contributed by atoms with Gasteiger partial charge in [0, 0.05) is 10.9 Å². The average Bonchev–Trinajstić information content (AvgIpc) is 3.17. The smallest absolute Gasteiger partial charge is 0.344 e. The van der Waals surface area contributed by atoms with Gasteiger partial charge in [-0.1, -0.05) is 30.3 Å². The Bertz CT molecular complexity index is 892. The molecule has 0 aliphatic carbocycles. The molecule has 0 spiro atoms. The van der Waals surface area contributed by atoms with E-state index >= 15 is 0 Å². The highest BCUT2D eigenvalue weighted by atomic mass is 32.1. The van der Waals surface area contributed by atoms with Gasteiger partial charge in [0.05, 0.1) is 18.5 Å². The second-order valence-electron chi connectivity index (χ2n) is 5.44. The van der Waals surface area contributed by atoms with Crippen molar-refractivity contribution in [3.8, 4) is 17.0 Å². The van der Waals surface area contributed by atoms with Gasteiger partial charge < -0.3 is 9.47 Å². The van der Waals surface area contributed by atoms with E-state index in [0.717, 1.165) is 22.0 Å². The SMILES string of the molecule is CCOC(=O)COc1ccc(C=NNc2nc(-c3ccccc3)cs2)cc1. The van der Waals surface area contributed by atoms with Crippen molar-refractivity contribution in [1.82, 2.24) is 4.98 Å². The zero-order valence-corrected chi connectivity index (χ0v) is 15.6. The number of benzene rings is 2. The molecule has 0 amide bonds. The molecule has 7 heteroatoms. The Balaban J connectivity index is 1.51. The van der Waals surface area contributed by atoms with Crippen LogP contribution in [-0.2, 0) is 9.53 Å². The van der Waals surface area contributed by atoms with Crippen molar-refractivity contribution < 1.29 is 14.3 Å². The maximum Gasteiger partial charge on any atom is 0.344 e. The average molecular weight is 381 g/mol. The van der Waals surface area contributed by atoms with Gasteiger partial charge in [0.25, 0.3) is 0 Å². The predicted octanol–water partition coefficient (Wildman–Crippen LogP) is 4.20. The van der Waals surface area contributed by atoms with E-state index in [2.05, 4.69) is 15.5 Å². The van der Waals surface area contributed by atoms with Crippen molar-refractivity contribution in [2.45, 2.75) is 6.92 Å². The van der Waals surface area contributed by atoms with E-state index in [0.29, 0.717) is 12.4 Å².